The highest BCUT2D eigenvalue weighted by molar-refractivity contribution is 6.42. The lowest BCUT2D eigenvalue weighted by Crippen LogP contribution is -2.41. The number of primary amides is 1. The van der Waals surface area contributed by atoms with Gasteiger partial charge in [-0.05, 0) is 31.0 Å². The van der Waals surface area contributed by atoms with Crippen LogP contribution in [-0.2, 0) is 4.79 Å². The van der Waals surface area contributed by atoms with E-state index in [2.05, 4.69) is 5.32 Å². The zero-order valence-corrected chi connectivity index (χ0v) is 13.1. The molecule has 0 aromatic heterocycles. The number of carbonyl (C=O) groups excluding carboxylic acids is 2. The van der Waals surface area contributed by atoms with Gasteiger partial charge in [0, 0.05) is 19.1 Å². The number of carbonyl (C=O) groups is 2. The molecule has 1 aromatic rings. The van der Waals surface area contributed by atoms with Gasteiger partial charge in [0.25, 0.3) is 0 Å². The lowest BCUT2D eigenvalue weighted by molar-refractivity contribution is -0.122. The highest BCUT2D eigenvalue weighted by atomic mass is 35.5. The number of nitrogens with two attached hydrogens (primary N) is 1. The van der Waals surface area contributed by atoms with Crippen molar-refractivity contribution in [2.45, 2.75) is 25.3 Å². The molecule has 0 saturated carbocycles. The second-order valence-electron chi connectivity index (χ2n) is 5.17. The van der Waals surface area contributed by atoms with Gasteiger partial charge in [0.05, 0.1) is 16.0 Å². The molecule has 1 aliphatic rings. The Hall–Kier alpha value is -1.46. The van der Waals surface area contributed by atoms with Gasteiger partial charge in [-0.1, -0.05) is 29.3 Å². The van der Waals surface area contributed by atoms with Crippen LogP contribution in [0.25, 0.3) is 0 Å². The summed E-state index contributed by atoms with van der Waals surface area (Å²) in [6, 6.07) is 4.63. The predicted molar refractivity (Wildman–Crippen MR) is 82.6 cm³/mol. The Morgan fingerprint density at radius 3 is 2.67 bits per heavy atom. The molecule has 3 N–H and O–H groups in total. The molecule has 114 valence electrons. The van der Waals surface area contributed by atoms with Gasteiger partial charge in [0.15, 0.2) is 0 Å². The van der Waals surface area contributed by atoms with Crippen molar-refractivity contribution in [3.05, 3.63) is 33.8 Å². The maximum absolute atomic E-state index is 12.3. The first-order chi connectivity index (χ1) is 9.88. The molecule has 2 rings (SSSR count). The number of likely N-dealkylation sites (tertiary alicyclic amines) is 1. The van der Waals surface area contributed by atoms with Crippen LogP contribution in [0.3, 0.4) is 0 Å². The van der Waals surface area contributed by atoms with E-state index >= 15 is 0 Å². The molecule has 0 aliphatic carbocycles. The van der Waals surface area contributed by atoms with Crippen molar-refractivity contribution >= 4 is 35.1 Å². The normalized spacial score (nSPS) is 19.4. The van der Waals surface area contributed by atoms with E-state index in [1.165, 1.54) is 4.90 Å². The van der Waals surface area contributed by atoms with Crippen molar-refractivity contribution < 1.29 is 9.59 Å². The van der Waals surface area contributed by atoms with Crippen LogP contribution in [0.2, 0.25) is 10.0 Å². The summed E-state index contributed by atoms with van der Waals surface area (Å²) in [5.74, 6) is -0.452. The number of urea groups is 1. The number of amides is 3. The molecule has 2 atom stereocenters. The summed E-state index contributed by atoms with van der Waals surface area (Å²) in [4.78, 5) is 24.8. The van der Waals surface area contributed by atoms with Crippen molar-refractivity contribution in [1.82, 2.24) is 10.2 Å². The minimum Gasteiger partial charge on any atom is -0.351 e. The van der Waals surface area contributed by atoms with E-state index in [1.807, 2.05) is 0 Å². The Kier molecular flexibility index (Phi) is 4.96. The van der Waals surface area contributed by atoms with Crippen LogP contribution < -0.4 is 11.1 Å². The van der Waals surface area contributed by atoms with E-state index in [0.717, 1.165) is 5.56 Å². The average Bonchev–Trinajstić information content (AvgIpc) is 2.89. The highest BCUT2D eigenvalue weighted by Crippen LogP contribution is 2.26. The van der Waals surface area contributed by atoms with E-state index in [4.69, 9.17) is 28.9 Å². The molecule has 0 bridgehead atoms. The monoisotopic (exact) mass is 329 g/mol. The van der Waals surface area contributed by atoms with E-state index in [0.29, 0.717) is 29.6 Å². The topological polar surface area (TPSA) is 75.4 Å². The Labute approximate surface area is 133 Å². The fourth-order valence-corrected chi connectivity index (χ4v) is 2.64. The van der Waals surface area contributed by atoms with Crippen LogP contribution in [-0.4, -0.2) is 36.0 Å². The van der Waals surface area contributed by atoms with Crippen LogP contribution in [0.15, 0.2) is 18.2 Å². The molecule has 0 spiro atoms. The van der Waals surface area contributed by atoms with E-state index < -0.39 is 6.03 Å². The molecule has 1 saturated heterocycles. The number of nitrogens with one attached hydrogen (secondary N) is 1. The van der Waals surface area contributed by atoms with E-state index in [1.54, 1.807) is 25.1 Å². The summed E-state index contributed by atoms with van der Waals surface area (Å²) in [5.41, 5.74) is 6.02. The molecule has 1 aromatic carbocycles. The van der Waals surface area contributed by atoms with Crippen LogP contribution in [0.5, 0.6) is 0 Å². The smallest absolute Gasteiger partial charge is 0.314 e. The predicted octanol–water partition coefficient (Wildman–Crippen LogP) is 2.37. The lowest BCUT2D eigenvalue weighted by atomic mass is 10.00. The minimum atomic E-state index is -0.454. The third kappa shape index (κ3) is 3.80. The fraction of sp³-hybridized carbons (Fsp3) is 0.429. The minimum absolute atomic E-state index is 0.0600. The number of hydrogen-bond acceptors (Lipinski definition) is 2. The van der Waals surface area contributed by atoms with Crippen molar-refractivity contribution in [1.29, 1.82) is 0 Å². The number of rotatable bonds is 3. The van der Waals surface area contributed by atoms with Gasteiger partial charge >= 0.3 is 6.03 Å². The van der Waals surface area contributed by atoms with Crippen molar-refractivity contribution in [2.75, 3.05) is 13.1 Å². The summed E-state index contributed by atoms with van der Waals surface area (Å²) in [7, 11) is 0. The summed E-state index contributed by atoms with van der Waals surface area (Å²) in [6.07, 6.45) is 0.711. The largest absolute Gasteiger partial charge is 0.351 e. The zero-order chi connectivity index (χ0) is 15.6. The third-order valence-electron chi connectivity index (χ3n) is 3.68. The second-order valence-corrected chi connectivity index (χ2v) is 5.99. The maximum Gasteiger partial charge on any atom is 0.314 e. The van der Waals surface area contributed by atoms with Crippen molar-refractivity contribution in [2.24, 2.45) is 5.73 Å². The maximum atomic E-state index is 12.3. The standard InChI is InChI=1S/C14H17Cl2N3O2/c1-8(9-2-3-11(15)12(16)6-9)13(20)18-10-4-5-19(7-10)14(17)21/h2-3,6,8,10H,4-5,7H2,1H3,(H2,17,21)(H,18,20)/t8-,10+/m0/s1. The molecule has 7 heteroatoms. The summed E-state index contributed by atoms with van der Waals surface area (Å²) in [6.45, 7) is 2.83. The van der Waals surface area contributed by atoms with Gasteiger partial charge < -0.3 is 16.0 Å². The van der Waals surface area contributed by atoms with E-state index in [9.17, 15) is 9.59 Å². The summed E-state index contributed by atoms with van der Waals surface area (Å²) < 4.78 is 0. The molecule has 3 amide bonds. The van der Waals surface area contributed by atoms with Gasteiger partial charge in [0.1, 0.15) is 0 Å². The molecule has 21 heavy (non-hydrogen) atoms. The molecular formula is C14H17Cl2N3O2. The van der Waals surface area contributed by atoms with Gasteiger partial charge in [0.2, 0.25) is 5.91 Å². The van der Waals surface area contributed by atoms with Gasteiger partial charge in [-0.3, -0.25) is 4.79 Å². The molecule has 5 nitrogen and oxygen atoms in total. The molecule has 0 unspecified atom stereocenters. The van der Waals surface area contributed by atoms with Crippen molar-refractivity contribution in [3.63, 3.8) is 0 Å². The molecular weight excluding hydrogens is 313 g/mol. The zero-order valence-electron chi connectivity index (χ0n) is 11.6. The quantitative estimate of drug-likeness (QED) is 0.893. The average molecular weight is 330 g/mol. The van der Waals surface area contributed by atoms with E-state index in [-0.39, 0.29) is 17.9 Å². The fourth-order valence-electron chi connectivity index (χ4n) is 2.34. The van der Waals surface area contributed by atoms with Crippen LogP contribution in [0.1, 0.15) is 24.8 Å². The SMILES string of the molecule is C[C@H](C(=O)N[C@@H]1CCN(C(N)=O)C1)c1ccc(Cl)c(Cl)c1. The Balaban J connectivity index is 1.97. The second kappa shape index (κ2) is 6.54. The highest BCUT2D eigenvalue weighted by Gasteiger charge is 2.27. The summed E-state index contributed by atoms with van der Waals surface area (Å²) >= 11 is 11.8. The number of nitrogens with zero attached hydrogens (tertiary/aromatic N) is 1. The van der Waals surface area contributed by atoms with Gasteiger partial charge in [-0.15, -0.1) is 0 Å². The van der Waals surface area contributed by atoms with Crippen LogP contribution in [0, 0.1) is 0 Å². The van der Waals surface area contributed by atoms with Crippen molar-refractivity contribution in [3.8, 4) is 0 Å². The number of benzene rings is 1. The summed E-state index contributed by atoms with van der Waals surface area (Å²) in [5, 5.41) is 3.82. The Morgan fingerprint density at radius 1 is 1.38 bits per heavy atom. The van der Waals surface area contributed by atoms with Crippen LogP contribution >= 0.6 is 23.2 Å². The molecule has 1 fully saturated rings. The Morgan fingerprint density at radius 2 is 2.10 bits per heavy atom. The molecule has 1 heterocycles. The van der Waals surface area contributed by atoms with Gasteiger partial charge in [-0.2, -0.15) is 0 Å². The molecule has 1 aliphatic heterocycles. The number of hydrogen-bond donors (Lipinski definition) is 2. The van der Waals surface area contributed by atoms with Gasteiger partial charge in [-0.25, -0.2) is 4.79 Å². The number of halogens is 2. The Bertz CT molecular complexity index is 565. The first kappa shape index (κ1) is 15.9. The first-order valence-corrected chi connectivity index (χ1v) is 7.43. The lowest BCUT2D eigenvalue weighted by Gasteiger charge is -2.18. The first-order valence-electron chi connectivity index (χ1n) is 6.68. The molecule has 0 radical (unpaired) electrons. The van der Waals surface area contributed by atoms with Crippen LogP contribution in [0.4, 0.5) is 4.79 Å². The third-order valence-corrected chi connectivity index (χ3v) is 4.42.